The summed E-state index contributed by atoms with van der Waals surface area (Å²) in [6.07, 6.45) is 3.08. The molecule has 5 N–H and O–H groups in total. The van der Waals surface area contributed by atoms with E-state index in [1.54, 1.807) is 17.8 Å². The smallest absolute Gasteiger partial charge is 0.408 e. The molecule has 0 aromatic heterocycles. The molecule has 2 rings (SSSR count). The van der Waals surface area contributed by atoms with E-state index in [9.17, 15) is 4.79 Å². The average Bonchev–Trinajstić information content (AvgIpc) is 2.72. The van der Waals surface area contributed by atoms with Gasteiger partial charge in [0.15, 0.2) is 0 Å². The van der Waals surface area contributed by atoms with E-state index in [-0.39, 0.29) is 17.0 Å². The standard InChI is InChI=1S/C23H37ClN6O2S/c1-22(2,3)32-21(31)28-23(4)10-12-30(13-11-23)18(27-5)15-29(6)19(14-25)33-17-9-7-8-16(26)20(17)24/h7-9,15,19H,5,10-14,25-26H2,1-4,6H3,(H,28,31)/b18-15+. The molecule has 1 aliphatic heterocycles. The molecule has 1 aliphatic rings. The number of carbonyl (C=O) groups excluding carboxylic acids is 1. The molecule has 184 valence electrons. The third-order valence-electron chi connectivity index (χ3n) is 5.39. The van der Waals surface area contributed by atoms with Gasteiger partial charge < -0.3 is 31.3 Å². The molecule has 1 aromatic rings. The van der Waals surface area contributed by atoms with E-state index < -0.39 is 5.60 Å². The van der Waals surface area contributed by atoms with Gasteiger partial charge in [-0.05, 0) is 59.4 Å². The van der Waals surface area contributed by atoms with Crippen molar-refractivity contribution in [3.05, 3.63) is 35.2 Å². The van der Waals surface area contributed by atoms with Crippen LogP contribution in [-0.4, -0.2) is 65.8 Å². The second kappa shape index (κ2) is 11.4. The number of carbonyl (C=O) groups is 1. The maximum absolute atomic E-state index is 12.2. The first-order valence-corrected chi connectivity index (χ1v) is 12.2. The Morgan fingerprint density at radius 3 is 2.64 bits per heavy atom. The van der Waals surface area contributed by atoms with E-state index in [1.165, 1.54) is 0 Å². The van der Waals surface area contributed by atoms with Gasteiger partial charge in [0, 0.05) is 43.3 Å². The van der Waals surface area contributed by atoms with Crippen LogP contribution in [-0.2, 0) is 4.74 Å². The summed E-state index contributed by atoms with van der Waals surface area (Å²) in [5.74, 6) is 0.759. The zero-order chi connectivity index (χ0) is 24.8. The number of hydrogen-bond acceptors (Lipinski definition) is 8. The van der Waals surface area contributed by atoms with Crippen LogP contribution in [0.25, 0.3) is 0 Å². The van der Waals surface area contributed by atoms with Gasteiger partial charge in [-0.25, -0.2) is 9.79 Å². The van der Waals surface area contributed by atoms with Crippen LogP contribution in [0.5, 0.6) is 0 Å². The van der Waals surface area contributed by atoms with Crippen LogP contribution in [0.4, 0.5) is 10.5 Å². The van der Waals surface area contributed by atoms with Crippen molar-refractivity contribution in [2.24, 2.45) is 10.7 Å². The van der Waals surface area contributed by atoms with E-state index in [4.69, 9.17) is 27.8 Å². The first-order valence-electron chi connectivity index (χ1n) is 10.9. The SMILES string of the molecule is C=N/C(=C\N(C)C(CN)Sc1cccc(N)c1Cl)N1CCC(C)(NC(=O)OC(C)(C)C)CC1. The van der Waals surface area contributed by atoms with Crippen LogP contribution in [0.3, 0.4) is 0 Å². The van der Waals surface area contributed by atoms with Crippen LogP contribution < -0.4 is 16.8 Å². The molecule has 33 heavy (non-hydrogen) atoms. The van der Waals surface area contributed by atoms with Gasteiger partial charge in [-0.1, -0.05) is 29.4 Å². The number of anilines is 1. The van der Waals surface area contributed by atoms with E-state index in [2.05, 4.69) is 21.9 Å². The number of likely N-dealkylation sites (N-methyl/N-ethyl adjacent to an activating group) is 1. The molecule has 0 saturated carbocycles. The summed E-state index contributed by atoms with van der Waals surface area (Å²) in [5, 5.41) is 3.50. The molecule has 1 fully saturated rings. The fraction of sp³-hybridized carbons (Fsp3) is 0.565. The maximum atomic E-state index is 12.2. The first kappa shape index (κ1) is 27.1. The molecule has 1 saturated heterocycles. The van der Waals surface area contributed by atoms with Gasteiger partial charge in [0.25, 0.3) is 0 Å². The summed E-state index contributed by atoms with van der Waals surface area (Å²) >= 11 is 7.91. The van der Waals surface area contributed by atoms with Crippen molar-refractivity contribution >= 4 is 41.9 Å². The Hall–Kier alpha value is -2.10. The van der Waals surface area contributed by atoms with Crippen LogP contribution in [0.2, 0.25) is 5.02 Å². The molecule has 8 nitrogen and oxygen atoms in total. The summed E-state index contributed by atoms with van der Waals surface area (Å²) in [4.78, 5) is 21.5. The van der Waals surface area contributed by atoms with Gasteiger partial charge in [-0.3, -0.25) is 0 Å². The normalized spacial score (nSPS) is 17.3. The number of likely N-dealkylation sites (tertiary alicyclic amines) is 1. The Morgan fingerprint density at radius 1 is 1.45 bits per heavy atom. The van der Waals surface area contributed by atoms with Crippen LogP contribution in [0.15, 0.2) is 40.1 Å². The second-order valence-electron chi connectivity index (χ2n) is 9.45. The van der Waals surface area contributed by atoms with Crippen LogP contribution in [0.1, 0.15) is 40.5 Å². The van der Waals surface area contributed by atoms with E-state index in [0.717, 1.165) is 36.6 Å². The van der Waals surface area contributed by atoms with Gasteiger partial charge in [-0.2, -0.15) is 0 Å². The summed E-state index contributed by atoms with van der Waals surface area (Å²) in [6, 6.07) is 5.58. The molecule has 1 aromatic carbocycles. The number of nitrogens with zero attached hydrogens (tertiary/aromatic N) is 3. The van der Waals surface area contributed by atoms with Crippen molar-refractivity contribution in [3.63, 3.8) is 0 Å². The molecular formula is C23H37ClN6O2S. The highest BCUT2D eigenvalue weighted by atomic mass is 35.5. The van der Waals surface area contributed by atoms with E-state index in [0.29, 0.717) is 17.3 Å². The van der Waals surface area contributed by atoms with Gasteiger partial charge in [0.05, 0.1) is 16.1 Å². The minimum Gasteiger partial charge on any atom is -0.444 e. The molecule has 1 amide bonds. The third-order valence-corrected chi connectivity index (χ3v) is 7.31. The number of hydrogen-bond donors (Lipinski definition) is 3. The van der Waals surface area contributed by atoms with E-state index in [1.807, 2.05) is 58.0 Å². The predicted octanol–water partition coefficient (Wildman–Crippen LogP) is 4.11. The topological polar surface area (TPSA) is 109 Å². The third kappa shape index (κ3) is 8.01. The molecule has 1 atom stereocenters. The van der Waals surface area contributed by atoms with Crippen molar-refractivity contribution < 1.29 is 9.53 Å². The van der Waals surface area contributed by atoms with Gasteiger partial charge >= 0.3 is 6.09 Å². The van der Waals surface area contributed by atoms with Gasteiger partial charge in [0.1, 0.15) is 11.4 Å². The number of amides is 1. The fourth-order valence-corrected chi connectivity index (χ4v) is 4.71. The van der Waals surface area contributed by atoms with Crippen LogP contribution in [0, 0.1) is 0 Å². The molecule has 0 aliphatic carbocycles. The lowest BCUT2D eigenvalue weighted by atomic mass is 9.90. The van der Waals surface area contributed by atoms with E-state index >= 15 is 0 Å². The number of aliphatic imine (C=N–C) groups is 1. The monoisotopic (exact) mass is 496 g/mol. The fourth-order valence-electron chi connectivity index (χ4n) is 3.45. The Bertz CT molecular complexity index is 865. The molecule has 1 heterocycles. The zero-order valence-corrected chi connectivity index (χ0v) is 21.8. The van der Waals surface area contributed by atoms with Gasteiger partial charge in [0.2, 0.25) is 0 Å². The highest BCUT2D eigenvalue weighted by molar-refractivity contribution is 8.00. The quantitative estimate of drug-likeness (QED) is 0.215. The number of rotatable bonds is 8. The molecule has 0 bridgehead atoms. The number of benzene rings is 1. The van der Waals surface area contributed by atoms with Crippen molar-refractivity contribution in [3.8, 4) is 0 Å². The summed E-state index contributed by atoms with van der Waals surface area (Å²) in [7, 11) is 1.95. The summed E-state index contributed by atoms with van der Waals surface area (Å²) in [6.45, 7) is 13.2. The average molecular weight is 497 g/mol. The molecule has 1 unspecified atom stereocenters. The number of thioether (sulfide) groups is 1. The van der Waals surface area contributed by atoms with Crippen molar-refractivity contribution in [1.29, 1.82) is 0 Å². The first-order chi connectivity index (χ1) is 15.4. The number of nitrogens with two attached hydrogens (primary N) is 2. The number of piperidine rings is 1. The van der Waals surface area contributed by atoms with Crippen molar-refractivity contribution in [1.82, 2.24) is 15.1 Å². The maximum Gasteiger partial charge on any atom is 0.408 e. The highest BCUT2D eigenvalue weighted by Gasteiger charge is 2.33. The lowest BCUT2D eigenvalue weighted by molar-refractivity contribution is 0.0417. The highest BCUT2D eigenvalue weighted by Crippen LogP contribution is 2.35. The number of ether oxygens (including phenoxy) is 1. The zero-order valence-electron chi connectivity index (χ0n) is 20.2. The Labute approximate surface area is 206 Å². The molecular weight excluding hydrogens is 460 g/mol. The van der Waals surface area contributed by atoms with Crippen molar-refractivity contribution in [2.75, 3.05) is 32.4 Å². The number of alkyl carbamates (subject to hydrolysis) is 1. The molecule has 0 spiro atoms. The Morgan fingerprint density at radius 2 is 2.09 bits per heavy atom. The Kier molecular flexibility index (Phi) is 9.34. The number of nitrogen functional groups attached to an aromatic ring is 1. The minimum absolute atomic E-state index is 0.0649. The second-order valence-corrected chi connectivity index (χ2v) is 11.1. The van der Waals surface area contributed by atoms with Crippen molar-refractivity contribution in [2.45, 2.75) is 61.9 Å². The summed E-state index contributed by atoms with van der Waals surface area (Å²) in [5.41, 5.74) is 11.7. The minimum atomic E-state index is -0.526. The lowest BCUT2D eigenvalue weighted by Gasteiger charge is -2.41. The van der Waals surface area contributed by atoms with Gasteiger partial charge in [-0.15, -0.1) is 0 Å². The number of nitrogens with one attached hydrogen (secondary N) is 1. The Balaban J connectivity index is 2.02. The summed E-state index contributed by atoms with van der Waals surface area (Å²) < 4.78 is 5.42. The van der Waals surface area contributed by atoms with Crippen LogP contribution >= 0.6 is 23.4 Å². The predicted molar refractivity (Wildman–Crippen MR) is 139 cm³/mol. The largest absolute Gasteiger partial charge is 0.444 e. The lowest BCUT2D eigenvalue weighted by Crippen LogP contribution is -2.54. The number of halogens is 1. The molecule has 0 radical (unpaired) electrons. The molecule has 10 heteroatoms.